The Labute approximate surface area is 175 Å². The number of methoxy groups -OCH3 is 1. The van der Waals surface area contributed by atoms with Crippen molar-refractivity contribution in [3.8, 4) is 22.9 Å². The van der Waals surface area contributed by atoms with Gasteiger partial charge in [-0.3, -0.25) is 0 Å². The predicted molar refractivity (Wildman–Crippen MR) is 115 cm³/mol. The standard InChI is InChI=1S/C23H25N3O4/c1-15-12-17(16(2)26(15)19-5-7-20(28-3)8-6-19)14-24-23(27)25-18-4-9-21-22(13-18)30-11-10-29-21/h4-9,12-13H,10-11,14H2,1-3H3,(H2,24,25,27). The summed E-state index contributed by atoms with van der Waals surface area (Å²) in [6, 6.07) is 15.1. The lowest BCUT2D eigenvalue weighted by Crippen LogP contribution is -2.28. The molecule has 7 heteroatoms. The number of hydrogen-bond acceptors (Lipinski definition) is 4. The summed E-state index contributed by atoms with van der Waals surface area (Å²) < 4.78 is 18.5. The van der Waals surface area contributed by atoms with Gasteiger partial charge in [-0.25, -0.2) is 4.79 Å². The molecule has 0 bridgehead atoms. The first-order valence-corrected chi connectivity index (χ1v) is 9.82. The molecule has 30 heavy (non-hydrogen) atoms. The summed E-state index contributed by atoms with van der Waals surface area (Å²) in [5.74, 6) is 2.15. The van der Waals surface area contributed by atoms with Crippen molar-refractivity contribution in [1.82, 2.24) is 9.88 Å². The van der Waals surface area contributed by atoms with Crippen LogP contribution in [0, 0.1) is 13.8 Å². The molecule has 2 N–H and O–H groups in total. The number of nitrogens with zero attached hydrogens (tertiary/aromatic N) is 1. The van der Waals surface area contributed by atoms with Crippen LogP contribution < -0.4 is 24.8 Å². The van der Waals surface area contributed by atoms with Crippen molar-refractivity contribution in [2.75, 3.05) is 25.6 Å². The fourth-order valence-electron chi connectivity index (χ4n) is 3.61. The molecule has 4 rings (SSSR count). The highest BCUT2D eigenvalue weighted by atomic mass is 16.6. The molecule has 156 valence electrons. The molecule has 0 saturated heterocycles. The number of fused-ring (bicyclic) bond motifs is 1. The summed E-state index contributed by atoms with van der Waals surface area (Å²) in [5, 5.41) is 5.76. The van der Waals surface area contributed by atoms with Crippen molar-refractivity contribution in [1.29, 1.82) is 0 Å². The lowest BCUT2D eigenvalue weighted by Gasteiger charge is -2.19. The Balaban J connectivity index is 1.41. The quantitative estimate of drug-likeness (QED) is 0.665. The van der Waals surface area contributed by atoms with E-state index in [4.69, 9.17) is 14.2 Å². The number of ether oxygens (including phenoxy) is 3. The van der Waals surface area contributed by atoms with Crippen LogP contribution in [0.4, 0.5) is 10.5 Å². The van der Waals surface area contributed by atoms with E-state index in [1.807, 2.05) is 31.2 Å². The zero-order chi connectivity index (χ0) is 21.1. The van der Waals surface area contributed by atoms with Crippen LogP contribution in [-0.2, 0) is 6.54 Å². The minimum absolute atomic E-state index is 0.277. The van der Waals surface area contributed by atoms with Gasteiger partial charge in [0.25, 0.3) is 0 Å². The summed E-state index contributed by atoms with van der Waals surface area (Å²) in [4.78, 5) is 12.4. The molecule has 0 aliphatic carbocycles. The van der Waals surface area contributed by atoms with Crippen LogP contribution in [0.25, 0.3) is 5.69 Å². The summed E-state index contributed by atoms with van der Waals surface area (Å²) in [5.41, 5.74) is 4.94. The largest absolute Gasteiger partial charge is 0.497 e. The number of hydrogen-bond donors (Lipinski definition) is 2. The van der Waals surface area contributed by atoms with Crippen LogP contribution in [0.2, 0.25) is 0 Å². The Hall–Kier alpha value is -3.61. The summed E-state index contributed by atoms with van der Waals surface area (Å²) in [6.45, 7) is 5.57. The number of amides is 2. The van der Waals surface area contributed by atoms with Crippen molar-refractivity contribution >= 4 is 11.7 Å². The number of urea groups is 1. The van der Waals surface area contributed by atoms with Gasteiger partial charge in [-0.2, -0.15) is 0 Å². The van der Waals surface area contributed by atoms with Crippen LogP contribution in [0.5, 0.6) is 17.2 Å². The van der Waals surface area contributed by atoms with Crippen LogP contribution in [-0.4, -0.2) is 30.9 Å². The monoisotopic (exact) mass is 407 g/mol. The summed E-state index contributed by atoms with van der Waals surface area (Å²) in [7, 11) is 1.65. The molecule has 1 aliphatic heterocycles. The zero-order valence-corrected chi connectivity index (χ0v) is 17.3. The van der Waals surface area contributed by atoms with E-state index < -0.39 is 0 Å². The fourth-order valence-corrected chi connectivity index (χ4v) is 3.61. The third-order valence-electron chi connectivity index (χ3n) is 5.11. The van der Waals surface area contributed by atoms with Gasteiger partial charge in [-0.15, -0.1) is 0 Å². The number of anilines is 1. The molecule has 2 aromatic carbocycles. The number of carbonyl (C=O) groups excluding carboxylic acids is 1. The number of aromatic nitrogens is 1. The first-order valence-electron chi connectivity index (χ1n) is 9.82. The lowest BCUT2D eigenvalue weighted by atomic mass is 10.2. The lowest BCUT2D eigenvalue weighted by molar-refractivity contribution is 0.171. The molecule has 2 heterocycles. The highest BCUT2D eigenvalue weighted by Gasteiger charge is 2.14. The van der Waals surface area contributed by atoms with Gasteiger partial charge in [0.05, 0.1) is 7.11 Å². The van der Waals surface area contributed by atoms with Gasteiger partial charge in [-0.05, 0) is 61.9 Å². The molecule has 0 atom stereocenters. The van der Waals surface area contributed by atoms with Crippen molar-refractivity contribution in [2.24, 2.45) is 0 Å². The molecule has 0 fully saturated rings. The second kappa shape index (κ2) is 8.41. The summed E-state index contributed by atoms with van der Waals surface area (Å²) >= 11 is 0. The van der Waals surface area contributed by atoms with E-state index in [1.165, 1.54) is 0 Å². The van der Waals surface area contributed by atoms with E-state index in [0.717, 1.165) is 28.4 Å². The second-order valence-corrected chi connectivity index (χ2v) is 7.10. The van der Waals surface area contributed by atoms with Crippen LogP contribution in [0.3, 0.4) is 0 Å². The Morgan fingerprint density at radius 2 is 1.77 bits per heavy atom. The van der Waals surface area contributed by atoms with E-state index >= 15 is 0 Å². The van der Waals surface area contributed by atoms with Crippen molar-refractivity contribution in [2.45, 2.75) is 20.4 Å². The molecule has 0 radical (unpaired) electrons. The Morgan fingerprint density at radius 3 is 2.50 bits per heavy atom. The molecule has 0 spiro atoms. The van der Waals surface area contributed by atoms with Gasteiger partial charge in [-0.1, -0.05) is 0 Å². The van der Waals surface area contributed by atoms with Crippen LogP contribution in [0.1, 0.15) is 17.0 Å². The maximum atomic E-state index is 12.4. The van der Waals surface area contributed by atoms with Gasteiger partial charge in [0, 0.05) is 35.4 Å². The third-order valence-corrected chi connectivity index (χ3v) is 5.11. The number of benzene rings is 2. The molecule has 3 aromatic rings. The summed E-state index contributed by atoms with van der Waals surface area (Å²) in [6.07, 6.45) is 0. The van der Waals surface area contributed by atoms with Gasteiger partial charge >= 0.3 is 6.03 Å². The number of carbonyl (C=O) groups is 1. The molecule has 1 aromatic heterocycles. The molecule has 0 saturated carbocycles. The van der Waals surface area contributed by atoms with Gasteiger partial charge < -0.3 is 29.4 Å². The highest BCUT2D eigenvalue weighted by molar-refractivity contribution is 5.89. The number of nitrogens with one attached hydrogen (secondary N) is 2. The fraction of sp³-hybridized carbons (Fsp3) is 0.261. The minimum atomic E-state index is -0.277. The Morgan fingerprint density at radius 1 is 1.03 bits per heavy atom. The van der Waals surface area contributed by atoms with Crippen molar-refractivity contribution < 1.29 is 19.0 Å². The molecular formula is C23H25N3O4. The SMILES string of the molecule is COc1ccc(-n2c(C)cc(CNC(=O)Nc3ccc4c(c3)OCCO4)c2C)cc1. The smallest absolute Gasteiger partial charge is 0.319 e. The van der Waals surface area contributed by atoms with E-state index in [1.54, 1.807) is 25.3 Å². The highest BCUT2D eigenvalue weighted by Crippen LogP contribution is 2.32. The van der Waals surface area contributed by atoms with Crippen LogP contribution in [0.15, 0.2) is 48.5 Å². The van der Waals surface area contributed by atoms with Gasteiger partial charge in [0.2, 0.25) is 0 Å². The van der Waals surface area contributed by atoms with E-state index in [-0.39, 0.29) is 6.03 Å². The molecule has 2 amide bonds. The molecule has 0 unspecified atom stereocenters. The normalized spacial score (nSPS) is 12.4. The average Bonchev–Trinajstić information content (AvgIpc) is 3.05. The number of rotatable bonds is 5. The Bertz CT molecular complexity index is 1060. The predicted octanol–water partition coefficient (Wildman–Crippen LogP) is 4.20. The molecule has 1 aliphatic rings. The zero-order valence-electron chi connectivity index (χ0n) is 17.3. The first kappa shape index (κ1) is 19.7. The maximum absolute atomic E-state index is 12.4. The van der Waals surface area contributed by atoms with Crippen molar-refractivity contribution in [3.05, 3.63) is 65.5 Å². The second-order valence-electron chi connectivity index (χ2n) is 7.10. The first-order chi connectivity index (χ1) is 14.5. The average molecular weight is 407 g/mol. The molecular weight excluding hydrogens is 382 g/mol. The number of aryl methyl sites for hydroxylation is 1. The van der Waals surface area contributed by atoms with Crippen LogP contribution >= 0.6 is 0 Å². The topological polar surface area (TPSA) is 73.8 Å². The minimum Gasteiger partial charge on any atom is -0.497 e. The molecule has 7 nitrogen and oxygen atoms in total. The maximum Gasteiger partial charge on any atom is 0.319 e. The third kappa shape index (κ3) is 4.05. The van der Waals surface area contributed by atoms with E-state index in [2.05, 4.69) is 28.2 Å². The van der Waals surface area contributed by atoms with E-state index in [0.29, 0.717) is 36.9 Å². The van der Waals surface area contributed by atoms with Crippen molar-refractivity contribution in [3.63, 3.8) is 0 Å². The van der Waals surface area contributed by atoms with Gasteiger partial charge in [0.15, 0.2) is 11.5 Å². The van der Waals surface area contributed by atoms with E-state index in [9.17, 15) is 4.79 Å². The van der Waals surface area contributed by atoms with Gasteiger partial charge in [0.1, 0.15) is 19.0 Å². The Kier molecular flexibility index (Phi) is 5.52.